The standard InChI is InChI=1S/C17H15F3N2O4/c1-2-25-15-11(6-5-9-21-15)16(24)26-10-14(23)22-13-8-4-3-7-12(13)17(18,19)20/h3-9H,2,10H2,1H3,(H,22,23). The number of benzene rings is 1. The normalized spacial score (nSPS) is 10.9. The number of nitrogens with one attached hydrogen (secondary N) is 1. The van der Waals surface area contributed by atoms with Gasteiger partial charge in [0.15, 0.2) is 6.61 Å². The van der Waals surface area contributed by atoms with Gasteiger partial charge in [0.2, 0.25) is 5.88 Å². The maximum Gasteiger partial charge on any atom is 0.418 e. The molecule has 0 spiro atoms. The highest BCUT2D eigenvalue weighted by Gasteiger charge is 2.33. The highest BCUT2D eigenvalue weighted by atomic mass is 19.4. The van der Waals surface area contributed by atoms with Crippen LogP contribution in [0.4, 0.5) is 18.9 Å². The van der Waals surface area contributed by atoms with Crippen LogP contribution in [0.25, 0.3) is 0 Å². The number of alkyl halides is 3. The number of ether oxygens (including phenoxy) is 2. The zero-order valence-electron chi connectivity index (χ0n) is 13.7. The molecule has 6 nitrogen and oxygen atoms in total. The van der Waals surface area contributed by atoms with Crippen LogP contribution in [0.5, 0.6) is 5.88 Å². The van der Waals surface area contributed by atoms with Gasteiger partial charge < -0.3 is 14.8 Å². The molecular weight excluding hydrogens is 353 g/mol. The second kappa shape index (κ2) is 8.32. The molecule has 1 aromatic carbocycles. The van der Waals surface area contributed by atoms with E-state index < -0.39 is 35.9 Å². The smallest absolute Gasteiger partial charge is 0.418 e. The summed E-state index contributed by atoms with van der Waals surface area (Å²) in [6.07, 6.45) is -3.20. The molecule has 0 radical (unpaired) electrons. The fourth-order valence-corrected chi connectivity index (χ4v) is 2.03. The van der Waals surface area contributed by atoms with Crippen molar-refractivity contribution in [3.63, 3.8) is 0 Å². The molecule has 0 bridgehead atoms. The van der Waals surface area contributed by atoms with Crippen LogP contribution >= 0.6 is 0 Å². The van der Waals surface area contributed by atoms with Crippen molar-refractivity contribution in [2.45, 2.75) is 13.1 Å². The lowest BCUT2D eigenvalue weighted by molar-refractivity contribution is -0.137. The van der Waals surface area contributed by atoms with Gasteiger partial charge in [-0.2, -0.15) is 13.2 Å². The average Bonchev–Trinajstić information content (AvgIpc) is 2.60. The molecule has 138 valence electrons. The zero-order chi connectivity index (χ0) is 19.2. The Balaban J connectivity index is 2.01. The average molecular weight is 368 g/mol. The second-order valence-corrected chi connectivity index (χ2v) is 4.96. The first-order valence-corrected chi connectivity index (χ1v) is 7.54. The Morgan fingerprint density at radius 2 is 1.88 bits per heavy atom. The maximum absolute atomic E-state index is 12.9. The molecular formula is C17H15F3N2O4. The van der Waals surface area contributed by atoms with Gasteiger partial charge in [-0.25, -0.2) is 9.78 Å². The summed E-state index contributed by atoms with van der Waals surface area (Å²) in [7, 11) is 0. The molecule has 0 aliphatic rings. The van der Waals surface area contributed by atoms with Crippen LogP contribution < -0.4 is 10.1 Å². The largest absolute Gasteiger partial charge is 0.477 e. The predicted molar refractivity (Wildman–Crippen MR) is 85.8 cm³/mol. The minimum atomic E-state index is -4.62. The Bertz CT molecular complexity index is 794. The number of para-hydroxylation sites is 1. The molecule has 1 aromatic heterocycles. The predicted octanol–water partition coefficient (Wildman–Crippen LogP) is 3.29. The molecule has 0 atom stereocenters. The van der Waals surface area contributed by atoms with Gasteiger partial charge in [0, 0.05) is 6.20 Å². The van der Waals surface area contributed by atoms with Gasteiger partial charge in [0.1, 0.15) is 5.56 Å². The Morgan fingerprint density at radius 1 is 1.15 bits per heavy atom. The number of nitrogens with zero attached hydrogens (tertiary/aromatic N) is 1. The van der Waals surface area contributed by atoms with Crippen LogP contribution in [-0.2, 0) is 15.7 Å². The molecule has 0 aliphatic carbocycles. The van der Waals surface area contributed by atoms with Crippen molar-refractivity contribution in [3.05, 3.63) is 53.7 Å². The molecule has 2 aromatic rings. The number of amides is 1. The molecule has 0 fully saturated rings. The minimum absolute atomic E-state index is 0.0119. The molecule has 0 saturated carbocycles. The Hall–Kier alpha value is -3.10. The summed E-state index contributed by atoms with van der Waals surface area (Å²) in [4.78, 5) is 27.7. The number of carbonyl (C=O) groups excluding carboxylic acids is 2. The minimum Gasteiger partial charge on any atom is -0.477 e. The monoisotopic (exact) mass is 368 g/mol. The van der Waals surface area contributed by atoms with Crippen LogP contribution in [0.15, 0.2) is 42.6 Å². The lowest BCUT2D eigenvalue weighted by Crippen LogP contribution is -2.23. The molecule has 0 saturated heterocycles. The number of halogens is 3. The van der Waals surface area contributed by atoms with Crippen LogP contribution in [0, 0.1) is 0 Å². The Morgan fingerprint density at radius 3 is 2.58 bits per heavy atom. The molecule has 0 unspecified atom stereocenters. The highest BCUT2D eigenvalue weighted by molar-refractivity contribution is 5.96. The van der Waals surface area contributed by atoms with E-state index in [-0.39, 0.29) is 18.1 Å². The van der Waals surface area contributed by atoms with E-state index in [1.807, 2.05) is 0 Å². The quantitative estimate of drug-likeness (QED) is 0.792. The first kappa shape index (κ1) is 19.2. The van der Waals surface area contributed by atoms with E-state index in [9.17, 15) is 22.8 Å². The van der Waals surface area contributed by atoms with E-state index in [2.05, 4.69) is 10.3 Å². The van der Waals surface area contributed by atoms with Crippen molar-refractivity contribution < 1.29 is 32.2 Å². The van der Waals surface area contributed by atoms with Crippen LogP contribution in [-0.4, -0.2) is 30.1 Å². The van der Waals surface area contributed by atoms with Gasteiger partial charge >= 0.3 is 12.1 Å². The maximum atomic E-state index is 12.9. The van der Waals surface area contributed by atoms with E-state index in [1.165, 1.54) is 30.5 Å². The Labute approximate surface area is 146 Å². The van der Waals surface area contributed by atoms with Gasteiger partial charge in [0.25, 0.3) is 5.91 Å². The fraction of sp³-hybridized carbons (Fsp3) is 0.235. The molecule has 1 heterocycles. The molecule has 1 amide bonds. The summed E-state index contributed by atoms with van der Waals surface area (Å²) >= 11 is 0. The second-order valence-electron chi connectivity index (χ2n) is 4.96. The molecule has 1 N–H and O–H groups in total. The first-order valence-electron chi connectivity index (χ1n) is 7.54. The number of hydrogen-bond acceptors (Lipinski definition) is 5. The topological polar surface area (TPSA) is 77.5 Å². The van der Waals surface area contributed by atoms with Crippen molar-refractivity contribution in [3.8, 4) is 5.88 Å². The van der Waals surface area contributed by atoms with Crippen LogP contribution in [0.2, 0.25) is 0 Å². The van der Waals surface area contributed by atoms with E-state index in [4.69, 9.17) is 9.47 Å². The molecule has 2 rings (SSSR count). The first-order chi connectivity index (χ1) is 12.3. The van der Waals surface area contributed by atoms with Gasteiger partial charge in [-0.1, -0.05) is 12.1 Å². The highest BCUT2D eigenvalue weighted by Crippen LogP contribution is 2.34. The number of anilines is 1. The molecule has 0 aliphatic heterocycles. The van der Waals surface area contributed by atoms with Gasteiger partial charge in [-0.3, -0.25) is 4.79 Å². The number of aromatic nitrogens is 1. The molecule has 9 heteroatoms. The molecule has 26 heavy (non-hydrogen) atoms. The summed E-state index contributed by atoms with van der Waals surface area (Å²) in [6.45, 7) is 1.22. The van der Waals surface area contributed by atoms with Crippen molar-refractivity contribution in [1.82, 2.24) is 4.98 Å². The third kappa shape index (κ3) is 4.95. The van der Waals surface area contributed by atoms with E-state index in [0.717, 1.165) is 12.1 Å². The van der Waals surface area contributed by atoms with Crippen LogP contribution in [0.1, 0.15) is 22.8 Å². The lowest BCUT2D eigenvalue weighted by atomic mass is 10.1. The summed E-state index contributed by atoms with van der Waals surface area (Å²) in [5, 5.41) is 2.08. The van der Waals surface area contributed by atoms with Gasteiger partial charge in [-0.15, -0.1) is 0 Å². The Kier molecular flexibility index (Phi) is 6.16. The summed E-state index contributed by atoms with van der Waals surface area (Å²) in [5.74, 6) is -1.74. The van der Waals surface area contributed by atoms with Crippen LogP contribution in [0.3, 0.4) is 0 Å². The van der Waals surface area contributed by atoms with Crippen molar-refractivity contribution in [2.24, 2.45) is 0 Å². The van der Waals surface area contributed by atoms with E-state index in [0.29, 0.717) is 0 Å². The number of pyridine rings is 1. The summed E-state index contributed by atoms with van der Waals surface area (Å²) in [6, 6.07) is 7.38. The third-order valence-corrected chi connectivity index (χ3v) is 3.11. The number of rotatable bonds is 6. The fourth-order valence-electron chi connectivity index (χ4n) is 2.03. The number of esters is 1. The lowest BCUT2D eigenvalue weighted by Gasteiger charge is -2.13. The van der Waals surface area contributed by atoms with E-state index >= 15 is 0 Å². The van der Waals surface area contributed by atoms with Gasteiger partial charge in [0.05, 0.1) is 17.9 Å². The van der Waals surface area contributed by atoms with Crippen molar-refractivity contribution >= 4 is 17.6 Å². The van der Waals surface area contributed by atoms with Gasteiger partial charge in [-0.05, 0) is 31.2 Å². The third-order valence-electron chi connectivity index (χ3n) is 3.11. The van der Waals surface area contributed by atoms with Crippen molar-refractivity contribution in [1.29, 1.82) is 0 Å². The van der Waals surface area contributed by atoms with E-state index in [1.54, 1.807) is 6.92 Å². The SMILES string of the molecule is CCOc1ncccc1C(=O)OCC(=O)Nc1ccccc1C(F)(F)F. The summed E-state index contributed by atoms with van der Waals surface area (Å²) < 4.78 is 48.7. The van der Waals surface area contributed by atoms with Crippen molar-refractivity contribution in [2.75, 3.05) is 18.5 Å². The summed E-state index contributed by atoms with van der Waals surface area (Å²) in [5.41, 5.74) is -1.40. The zero-order valence-corrected chi connectivity index (χ0v) is 13.7. The number of carbonyl (C=O) groups is 2. The number of hydrogen-bond donors (Lipinski definition) is 1.